The monoisotopic (exact) mass is 398 g/mol. The molecule has 2 amide bonds. The van der Waals surface area contributed by atoms with E-state index in [1.54, 1.807) is 18.7 Å². The second-order valence-electron chi connectivity index (χ2n) is 5.27. The van der Waals surface area contributed by atoms with Gasteiger partial charge in [0.15, 0.2) is 5.70 Å². The predicted molar refractivity (Wildman–Crippen MR) is 97.2 cm³/mol. The Morgan fingerprint density at radius 1 is 1.07 bits per heavy atom. The van der Waals surface area contributed by atoms with Crippen LogP contribution in [0.1, 0.15) is 27.7 Å². The van der Waals surface area contributed by atoms with Crippen molar-refractivity contribution < 1.29 is 33.4 Å². The number of hydrogen-bond acceptors (Lipinski definition) is 9. The average molecular weight is 398 g/mol. The van der Waals surface area contributed by atoms with Gasteiger partial charge in [-0.1, -0.05) is 0 Å². The lowest BCUT2D eigenvalue weighted by Gasteiger charge is -2.27. The molecule has 0 aliphatic carbocycles. The molecule has 0 saturated heterocycles. The Balaban J connectivity index is 3.46. The molecule has 1 aliphatic rings. The fourth-order valence-corrected chi connectivity index (χ4v) is 2.37. The van der Waals surface area contributed by atoms with Crippen LogP contribution < -0.4 is 10.7 Å². The number of ether oxygens (including phenoxy) is 3. The van der Waals surface area contributed by atoms with E-state index < -0.39 is 23.9 Å². The minimum atomic E-state index is -0.982. The van der Waals surface area contributed by atoms with Crippen molar-refractivity contribution in [2.24, 2.45) is 0 Å². The van der Waals surface area contributed by atoms with E-state index in [-0.39, 0.29) is 30.4 Å². The third-order valence-corrected chi connectivity index (χ3v) is 3.63. The highest BCUT2D eigenvalue weighted by Gasteiger charge is 2.39. The molecule has 0 aromatic rings. The standard InChI is InChI=1S/C17H26N4O7/c1-6-20(7-2)15-13(14(23)11(18-15)10-12(22)26-5)21(17(25)28-9-4)19-16(24)27-8-3/h10,18H,6-9H2,1-5H3,(H,19,24)/b11-10-. The molecule has 11 nitrogen and oxygen atoms in total. The van der Waals surface area contributed by atoms with Crippen molar-refractivity contribution in [1.82, 2.24) is 20.7 Å². The first kappa shape index (κ1) is 22.8. The van der Waals surface area contributed by atoms with Crippen molar-refractivity contribution in [2.75, 3.05) is 33.4 Å². The minimum Gasteiger partial charge on any atom is -0.466 e. The van der Waals surface area contributed by atoms with E-state index >= 15 is 0 Å². The maximum atomic E-state index is 12.9. The number of ketones is 1. The third-order valence-electron chi connectivity index (χ3n) is 3.63. The van der Waals surface area contributed by atoms with Gasteiger partial charge in [0.2, 0.25) is 5.78 Å². The summed E-state index contributed by atoms with van der Waals surface area (Å²) in [5.74, 6) is -1.22. The molecule has 0 radical (unpaired) electrons. The smallest absolute Gasteiger partial charge is 0.433 e. The highest BCUT2D eigenvalue weighted by Crippen LogP contribution is 2.24. The van der Waals surface area contributed by atoms with Crippen LogP contribution in [0.4, 0.5) is 9.59 Å². The number of Topliss-reactive ketones (excluding diaryl/α,β-unsaturated/α-hetero) is 1. The lowest BCUT2D eigenvalue weighted by Crippen LogP contribution is -2.48. The molecular formula is C17H26N4O7. The molecule has 0 aromatic heterocycles. The molecule has 1 aliphatic heterocycles. The summed E-state index contributed by atoms with van der Waals surface area (Å²) in [4.78, 5) is 50.6. The first-order valence-corrected chi connectivity index (χ1v) is 8.85. The zero-order chi connectivity index (χ0) is 21.3. The SMILES string of the molecule is CCOC(=O)NN(C(=O)OCC)C1=C(N(CC)CC)N/C(=C\C(=O)OC)C1=O. The number of methoxy groups -OCH3 is 1. The first-order chi connectivity index (χ1) is 13.3. The normalized spacial score (nSPS) is 14.5. The van der Waals surface area contributed by atoms with Crippen LogP contribution in [0.25, 0.3) is 0 Å². The van der Waals surface area contributed by atoms with Crippen molar-refractivity contribution in [2.45, 2.75) is 27.7 Å². The fraction of sp³-hybridized carbons (Fsp3) is 0.529. The number of nitrogens with zero attached hydrogens (tertiary/aromatic N) is 2. The van der Waals surface area contributed by atoms with Gasteiger partial charge < -0.3 is 24.4 Å². The number of hydrazine groups is 1. The van der Waals surface area contributed by atoms with Crippen LogP contribution in [0.15, 0.2) is 23.3 Å². The molecule has 0 spiro atoms. The number of rotatable bonds is 7. The zero-order valence-electron chi connectivity index (χ0n) is 16.7. The molecule has 0 aromatic carbocycles. The maximum Gasteiger partial charge on any atom is 0.433 e. The number of carbonyl (C=O) groups is 4. The van der Waals surface area contributed by atoms with E-state index in [4.69, 9.17) is 9.47 Å². The summed E-state index contributed by atoms with van der Waals surface area (Å²) in [5.41, 5.74) is 1.89. The van der Waals surface area contributed by atoms with Crippen molar-refractivity contribution in [3.8, 4) is 0 Å². The molecule has 0 unspecified atom stereocenters. The van der Waals surface area contributed by atoms with Crippen LogP contribution in [0, 0.1) is 0 Å². The van der Waals surface area contributed by atoms with Gasteiger partial charge in [-0.05, 0) is 27.7 Å². The van der Waals surface area contributed by atoms with Gasteiger partial charge >= 0.3 is 18.2 Å². The summed E-state index contributed by atoms with van der Waals surface area (Å²) >= 11 is 0. The Kier molecular flexibility index (Phi) is 8.79. The molecule has 1 rings (SSSR count). The zero-order valence-corrected chi connectivity index (χ0v) is 16.7. The van der Waals surface area contributed by atoms with E-state index in [1.165, 1.54) is 7.11 Å². The molecule has 28 heavy (non-hydrogen) atoms. The van der Waals surface area contributed by atoms with E-state index in [0.29, 0.717) is 18.1 Å². The summed E-state index contributed by atoms with van der Waals surface area (Å²) in [6, 6.07) is 0. The largest absolute Gasteiger partial charge is 0.466 e. The van der Waals surface area contributed by atoms with Crippen LogP contribution in [-0.4, -0.2) is 67.3 Å². The fourth-order valence-electron chi connectivity index (χ4n) is 2.37. The van der Waals surface area contributed by atoms with Gasteiger partial charge in [0, 0.05) is 13.1 Å². The number of hydrogen-bond donors (Lipinski definition) is 2. The van der Waals surface area contributed by atoms with Gasteiger partial charge in [-0.15, -0.1) is 0 Å². The van der Waals surface area contributed by atoms with Gasteiger partial charge in [0.05, 0.1) is 32.1 Å². The Bertz CT molecular complexity index is 683. The Hall–Kier alpha value is -3.24. The number of carbonyl (C=O) groups excluding carboxylic acids is 4. The van der Waals surface area contributed by atoms with Crippen LogP contribution in [0.5, 0.6) is 0 Å². The topological polar surface area (TPSA) is 127 Å². The van der Waals surface area contributed by atoms with Crippen LogP contribution in [-0.2, 0) is 23.8 Å². The van der Waals surface area contributed by atoms with Crippen molar-refractivity contribution >= 4 is 23.9 Å². The highest BCUT2D eigenvalue weighted by atomic mass is 16.6. The van der Waals surface area contributed by atoms with Crippen LogP contribution in [0.3, 0.4) is 0 Å². The summed E-state index contributed by atoms with van der Waals surface area (Å²) < 4.78 is 14.3. The molecular weight excluding hydrogens is 372 g/mol. The van der Waals surface area contributed by atoms with E-state index in [2.05, 4.69) is 15.5 Å². The van der Waals surface area contributed by atoms with E-state index in [0.717, 1.165) is 6.08 Å². The first-order valence-electron chi connectivity index (χ1n) is 8.85. The van der Waals surface area contributed by atoms with Gasteiger partial charge in [0.25, 0.3) is 0 Å². The van der Waals surface area contributed by atoms with E-state index in [9.17, 15) is 19.2 Å². The minimum absolute atomic E-state index is 0.0141. The summed E-state index contributed by atoms with van der Waals surface area (Å²) in [7, 11) is 1.17. The maximum absolute atomic E-state index is 12.9. The molecule has 1 heterocycles. The second kappa shape index (κ2) is 10.8. The van der Waals surface area contributed by atoms with Crippen LogP contribution in [0.2, 0.25) is 0 Å². The second-order valence-corrected chi connectivity index (χ2v) is 5.27. The van der Waals surface area contributed by atoms with Crippen molar-refractivity contribution in [3.63, 3.8) is 0 Å². The number of nitrogens with one attached hydrogen (secondary N) is 2. The summed E-state index contributed by atoms with van der Waals surface area (Å²) in [6.07, 6.45) is -0.961. The quantitative estimate of drug-likeness (QED) is 0.278. The Labute approximate surface area is 163 Å². The molecule has 156 valence electrons. The van der Waals surface area contributed by atoms with Gasteiger partial charge in [-0.3, -0.25) is 4.79 Å². The third kappa shape index (κ3) is 5.38. The molecule has 0 fully saturated rings. The number of esters is 1. The molecule has 11 heteroatoms. The van der Waals surface area contributed by atoms with Gasteiger partial charge in [0.1, 0.15) is 5.82 Å². The Morgan fingerprint density at radius 3 is 2.18 bits per heavy atom. The Morgan fingerprint density at radius 2 is 1.68 bits per heavy atom. The summed E-state index contributed by atoms with van der Waals surface area (Å²) in [6.45, 7) is 7.90. The molecule has 0 saturated carbocycles. The number of amides is 2. The van der Waals surface area contributed by atoms with E-state index in [1.807, 2.05) is 13.8 Å². The van der Waals surface area contributed by atoms with Crippen LogP contribution >= 0.6 is 0 Å². The highest BCUT2D eigenvalue weighted by molar-refractivity contribution is 6.14. The lowest BCUT2D eigenvalue weighted by atomic mass is 10.2. The predicted octanol–water partition coefficient (Wildman–Crippen LogP) is 0.846. The van der Waals surface area contributed by atoms with Crippen molar-refractivity contribution in [1.29, 1.82) is 0 Å². The molecule has 0 bridgehead atoms. The van der Waals surface area contributed by atoms with Gasteiger partial charge in [-0.25, -0.2) is 19.8 Å². The average Bonchev–Trinajstić information content (AvgIpc) is 2.97. The van der Waals surface area contributed by atoms with Gasteiger partial charge in [-0.2, -0.15) is 5.01 Å². The molecule has 0 atom stereocenters. The lowest BCUT2D eigenvalue weighted by molar-refractivity contribution is -0.135. The van der Waals surface area contributed by atoms with Crippen molar-refractivity contribution in [3.05, 3.63) is 23.3 Å². The molecule has 2 N–H and O–H groups in total. The summed E-state index contributed by atoms with van der Waals surface area (Å²) in [5, 5.41) is 3.48.